The molecule has 1 aromatic carbocycles. The molecule has 0 aliphatic heterocycles. The molecule has 0 bridgehead atoms. The van der Waals surface area contributed by atoms with Crippen LogP contribution >= 0.6 is 23.1 Å². The Balaban J connectivity index is 1.62. The number of nitrogens with zero attached hydrogens (tertiary/aromatic N) is 4. The van der Waals surface area contributed by atoms with Crippen molar-refractivity contribution >= 4 is 40.0 Å². The summed E-state index contributed by atoms with van der Waals surface area (Å²) in [4.78, 5) is 29.9. The Morgan fingerprint density at radius 2 is 2.07 bits per heavy atom. The fourth-order valence-electron chi connectivity index (χ4n) is 2.85. The molecular weight excluding hydrogens is 420 g/mol. The number of thiazole rings is 1. The molecule has 3 aromatic rings. The number of aryl methyl sites for hydroxylation is 2. The summed E-state index contributed by atoms with van der Waals surface area (Å²) in [5, 5.41) is 15.4. The largest absolute Gasteiger partial charge is 0.342 e. The third-order valence-electron chi connectivity index (χ3n) is 4.28. The van der Waals surface area contributed by atoms with E-state index in [2.05, 4.69) is 25.8 Å². The summed E-state index contributed by atoms with van der Waals surface area (Å²) >= 11 is 2.74. The Labute approximate surface area is 183 Å². The van der Waals surface area contributed by atoms with Crippen LogP contribution in [0.1, 0.15) is 46.5 Å². The van der Waals surface area contributed by atoms with E-state index in [9.17, 15) is 9.59 Å². The van der Waals surface area contributed by atoms with Gasteiger partial charge in [-0.05, 0) is 39.8 Å². The predicted octanol–water partition coefficient (Wildman–Crippen LogP) is 3.59. The third-order valence-corrected chi connectivity index (χ3v) is 6.07. The van der Waals surface area contributed by atoms with Gasteiger partial charge in [0.25, 0.3) is 5.91 Å². The smallest absolute Gasteiger partial charge is 0.251 e. The lowest BCUT2D eigenvalue weighted by atomic mass is 10.1. The van der Waals surface area contributed by atoms with Crippen molar-refractivity contribution < 1.29 is 9.59 Å². The van der Waals surface area contributed by atoms with Gasteiger partial charge >= 0.3 is 0 Å². The van der Waals surface area contributed by atoms with Gasteiger partial charge in [-0.1, -0.05) is 29.5 Å². The molecule has 30 heavy (non-hydrogen) atoms. The second-order valence-corrected chi connectivity index (χ2v) is 8.94. The quantitative estimate of drug-likeness (QED) is 0.515. The van der Waals surface area contributed by atoms with Gasteiger partial charge in [0.15, 0.2) is 16.1 Å². The van der Waals surface area contributed by atoms with E-state index in [0.29, 0.717) is 28.2 Å². The molecule has 0 spiro atoms. The van der Waals surface area contributed by atoms with E-state index in [1.807, 2.05) is 50.5 Å². The number of nitrogens with one attached hydrogen (secondary N) is 2. The minimum atomic E-state index is -0.327. The Hall–Kier alpha value is -2.72. The van der Waals surface area contributed by atoms with E-state index in [1.165, 1.54) is 23.1 Å². The van der Waals surface area contributed by atoms with Gasteiger partial charge in [0.05, 0.1) is 11.8 Å². The van der Waals surface area contributed by atoms with Gasteiger partial charge in [0.1, 0.15) is 0 Å². The highest BCUT2D eigenvalue weighted by Crippen LogP contribution is 2.22. The van der Waals surface area contributed by atoms with E-state index in [0.717, 1.165) is 10.4 Å². The summed E-state index contributed by atoms with van der Waals surface area (Å²) in [7, 11) is 0. The van der Waals surface area contributed by atoms with Crippen LogP contribution in [0.4, 0.5) is 5.13 Å². The van der Waals surface area contributed by atoms with Crippen molar-refractivity contribution in [1.29, 1.82) is 0 Å². The average molecular weight is 445 g/mol. The minimum absolute atomic E-state index is 0.151. The first-order valence-electron chi connectivity index (χ1n) is 9.53. The SMILES string of the molecule is CCn1c(SCC(=O)Nc2ncc(C)s2)nnc1[C@H](C)NC(=O)c1cccc(C)c1. The number of thioether (sulfide) groups is 1. The maximum atomic E-state index is 12.5. The third kappa shape index (κ3) is 5.45. The van der Waals surface area contributed by atoms with Gasteiger partial charge in [0.2, 0.25) is 5.91 Å². The number of anilines is 1. The van der Waals surface area contributed by atoms with Gasteiger partial charge in [-0.15, -0.1) is 21.5 Å². The Bertz CT molecular complexity index is 1050. The lowest BCUT2D eigenvalue weighted by Crippen LogP contribution is -2.28. The van der Waals surface area contributed by atoms with Gasteiger partial charge in [-0.25, -0.2) is 4.98 Å². The first kappa shape index (κ1) is 22.0. The number of hydrogen-bond donors (Lipinski definition) is 2. The highest BCUT2D eigenvalue weighted by molar-refractivity contribution is 7.99. The number of hydrogen-bond acceptors (Lipinski definition) is 7. The van der Waals surface area contributed by atoms with E-state index in [4.69, 9.17) is 0 Å². The Kier molecular flexibility index (Phi) is 7.22. The molecule has 10 heteroatoms. The molecule has 1 atom stereocenters. The van der Waals surface area contributed by atoms with Gasteiger partial charge in [0, 0.05) is 23.2 Å². The number of carbonyl (C=O) groups is 2. The van der Waals surface area contributed by atoms with Crippen LogP contribution in [0.2, 0.25) is 0 Å². The number of rotatable bonds is 8. The first-order valence-corrected chi connectivity index (χ1v) is 11.3. The standard InChI is InChI=1S/C20H24N6O2S2/c1-5-26-17(14(4)22-18(28)15-8-6-7-12(2)9-15)24-25-20(26)29-11-16(27)23-19-21-10-13(3)30-19/h6-10,14H,5,11H2,1-4H3,(H,22,28)(H,21,23,27)/t14-/m0/s1. The zero-order chi connectivity index (χ0) is 21.7. The van der Waals surface area contributed by atoms with Crippen LogP contribution in [0, 0.1) is 13.8 Å². The number of aromatic nitrogens is 4. The van der Waals surface area contributed by atoms with E-state index < -0.39 is 0 Å². The summed E-state index contributed by atoms with van der Waals surface area (Å²) in [6.07, 6.45) is 1.72. The molecule has 0 aliphatic rings. The molecule has 0 saturated heterocycles. The zero-order valence-corrected chi connectivity index (χ0v) is 18.9. The van der Waals surface area contributed by atoms with Gasteiger partial charge in [-0.3, -0.25) is 9.59 Å². The van der Waals surface area contributed by atoms with E-state index >= 15 is 0 Å². The van der Waals surface area contributed by atoms with Crippen molar-refractivity contribution in [1.82, 2.24) is 25.1 Å². The maximum absolute atomic E-state index is 12.5. The molecular formula is C20H24N6O2S2. The molecule has 0 saturated carbocycles. The van der Waals surface area contributed by atoms with Crippen molar-refractivity contribution in [3.8, 4) is 0 Å². The molecule has 0 radical (unpaired) electrons. The van der Waals surface area contributed by atoms with Crippen molar-refractivity contribution in [3.63, 3.8) is 0 Å². The molecule has 0 fully saturated rings. The van der Waals surface area contributed by atoms with Crippen LogP contribution in [-0.2, 0) is 11.3 Å². The summed E-state index contributed by atoms with van der Waals surface area (Å²) in [5.74, 6) is 0.532. The molecule has 2 aromatic heterocycles. The lowest BCUT2D eigenvalue weighted by Gasteiger charge is -2.15. The normalized spacial score (nSPS) is 11.9. The number of amides is 2. The van der Waals surface area contributed by atoms with Crippen LogP contribution in [0.15, 0.2) is 35.6 Å². The number of benzene rings is 1. The van der Waals surface area contributed by atoms with Crippen LogP contribution in [0.5, 0.6) is 0 Å². The molecule has 8 nitrogen and oxygen atoms in total. The minimum Gasteiger partial charge on any atom is -0.342 e. The fourth-order valence-corrected chi connectivity index (χ4v) is 4.34. The lowest BCUT2D eigenvalue weighted by molar-refractivity contribution is -0.113. The average Bonchev–Trinajstić information content (AvgIpc) is 3.31. The fraction of sp³-hybridized carbons (Fsp3) is 0.350. The monoisotopic (exact) mass is 444 g/mol. The highest BCUT2D eigenvalue weighted by atomic mass is 32.2. The van der Waals surface area contributed by atoms with E-state index in [-0.39, 0.29) is 23.6 Å². The van der Waals surface area contributed by atoms with Crippen molar-refractivity contribution in [2.75, 3.05) is 11.1 Å². The molecule has 0 aliphatic carbocycles. The summed E-state index contributed by atoms with van der Waals surface area (Å²) in [6, 6.07) is 7.10. The molecule has 2 heterocycles. The second kappa shape index (κ2) is 9.86. The van der Waals surface area contributed by atoms with E-state index in [1.54, 1.807) is 12.3 Å². The molecule has 2 N–H and O–H groups in total. The maximum Gasteiger partial charge on any atom is 0.251 e. The van der Waals surface area contributed by atoms with Crippen LogP contribution in [-0.4, -0.2) is 37.3 Å². The number of carbonyl (C=O) groups excluding carboxylic acids is 2. The van der Waals surface area contributed by atoms with Gasteiger partial charge < -0.3 is 15.2 Å². The predicted molar refractivity (Wildman–Crippen MR) is 119 cm³/mol. The van der Waals surface area contributed by atoms with Crippen LogP contribution in [0.3, 0.4) is 0 Å². The first-order chi connectivity index (χ1) is 14.4. The Morgan fingerprint density at radius 3 is 2.73 bits per heavy atom. The summed E-state index contributed by atoms with van der Waals surface area (Å²) < 4.78 is 1.91. The van der Waals surface area contributed by atoms with Crippen molar-refractivity contribution in [2.45, 2.75) is 45.4 Å². The zero-order valence-electron chi connectivity index (χ0n) is 17.3. The van der Waals surface area contributed by atoms with Crippen molar-refractivity contribution in [3.05, 3.63) is 52.3 Å². The summed E-state index contributed by atoms with van der Waals surface area (Å²) in [6.45, 7) is 8.36. The molecule has 0 unspecified atom stereocenters. The molecule has 3 rings (SSSR count). The van der Waals surface area contributed by atoms with Crippen LogP contribution < -0.4 is 10.6 Å². The van der Waals surface area contributed by atoms with Crippen molar-refractivity contribution in [2.24, 2.45) is 0 Å². The molecule has 158 valence electrons. The Morgan fingerprint density at radius 1 is 1.27 bits per heavy atom. The van der Waals surface area contributed by atoms with Gasteiger partial charge in [-0.2, -0.15) is 0 Å². The molecule has 2 amide bonds. The second-order valence-electron chi connectivity index (χ2n) is 6.76. The highest BCUT2D eigenvalue weighted by Gasteiger charge is 2.20. The van der Waals surface area contributed by atoms with Crippen LogP contribution in [0.25, 0.3) is 0 Å². The summed E-state index contributed by atoms with van der Waals surface area (Å²) in [5.41, 5.74) is 1.63. The topological polar surface area (TPSA) is 102 Å².